The highest BCUT2D eigenvalue weighted by Crippen LogP contribution is 2.30. The number of aliphatic imine (C=N–C) groups is 1. The Labute approximate surface area is 113 Å². The van der Waals surface area contributed by atoms with E-state index in [-0.39, 0.29) is 12.3 Å². The maximum absolute atomic E-state index is 13.5. The van der Waals surface area contributed by atoms with Crippen LogP contribution in [-0.2, 0) is 0 Å². The van der Waals surface area contributed by atoms with Gasteiger partial charge in [-0.3, -0.25) is 0 Å². The van der Waals surface area contributed by atoms with Crippen molar-refractivity contribution >= 4 is 22.9 Å². The number of amidine groups is 1. The van der Waals surface area contributed by atoms with Gasteiger partial charge in [-0.15, -0.1) is 0 Å². The Morgan fingerprint density at radius 1 is 1.15 bits per heavy atom. The minimum atomic E-state index is -0.598. The molecule has 0 aromatic heterocycles. The maximum atomic E-state index is 13.5. The summed E-state index contributed by atoms with van der Waals surface area (Å²) in [6, 6.07) is 8.24. The number of nitrogens with two attached hydrogens (primary N) is 1. The van der Waals surface area contributed by atoms with Gasteiger partial charge in [-0.1, -0.05) is 0 Å². The van der Waals surface area contributed by atoms with Gasteiger partial charge in [0.05, 0.1) is 5.69 Å². The Morgan fingerprint density at radius 2 is 2.00 bits per heavy atom. The van der Waals surface area contributed by atoms with Gasteiger partial charge in [0.1, 0.15) is 35.5 Å². The van der Waals surface area contributed by atoms with Gasteiger partial charge in [0, 0.05) is 11.8 Å². The van der Waals surface area contributed by atoms with Crippen molar-refractivity contribution in [1.29, 1.82) is 0 Å². The minimum absolute atomic E-state index is 0.0801. The van der Waals surface area contributed by atoms with Gasteiger partial charge in [0.2, 0.25) is 0 Å². The molecule has 0 spiro atoms. The highest BCUT2D eigenvalue weighted by molar-refractivity contribution is 6.01. The Balaban J connectivity index is 1.93. The van der Waals surface area contributed by atoms with Crippen LogP contribution in [0.1, 0.15) is 0 Å². The number of nitrogens with zero attached hydrogens (tertiary/aromatic N) is 1. The highest BCUT2D eigenvalue weighted by Gasteiger charge is 2.15. The smallest absolute Gasteiger partial charge is 0.149 e. The minimum Gasteiger partial charge on any atom is -0.484 e. The van der Waals surface area contributed by atoms with E-state index in [2.05, 4.69) is 10.3 Å². The van der Waals surface area contributed by atoms with E-state index in [1.807, 2.05) is 0 Å². The molecule has 0 atom stereocenters. The quantitative estimate of drug-likeness (QED) is 0.786. The Kier molecular flexibility index (Phi) is 2.98. The molecule has 20 heavy (non-hydrogen) atoms. The Bertz CT molecular complexity index is 701. The molecule has 2 aromatic rings. The lowest BCUT2D eigenvalue weighted by atomic mass is 10.2. The molecule has 1 heterocycles. The van der Waals surface area contributed by atoms with Crippen LogP contribution in [0.15, 0.2) is 41.4 Å². The fraction of sp³-hybridized carbons (Fsp3) is 0.0714. The van der Waals surface area contributed by atoms with E-state index in [0.717, 1.165) is 18.2 Å². The molecule has 2 aromatic carbocycles. The molecule has 0 unspecified atom stereocenters. The molecule has 0 saturated carbocycles. The van der Waals surface area contributed by atoms with Crippen LogP contribution in [0.2, 0.25) is 0 Å². The fourth-order valence-corrected chi connectivity index (χ4v) is 1.89. The first kappa shape index (κ1) is 12.4. The molecular formula is C14H11F2N3O. The molecule has 0 amide bonds. The summed E-state index contributed by atoms with van der Waals surface area (Å²) in [5.74, 6) is -0.128. The van der Waals surface area contributed by atoms with Crippen molar-refractivity contribution in [1.82, 2.24) is 0 Å². The van der Waals surface area contributed by atoms with Crippen LogP contribution in [-0.4, -0.2) is 12.4 Å². The summed E-state index contributed by atoms with van der Waals surface area (Å²) in [5.41, 5.74) is 6.81. The molecule has 0 bridgehead atoms. The molecule has 3 N–H and O–H groups in total. The fourth-order valence-electron chi connectivity index (χ4n) is 1.89. The van der Waals surface area contributed by atoms with E-state index in [4.69, 9.17) is 10.5 Å². The standard InChI is InChI=1S/C14H11F2N3O/c15-8-1-3-10(16)11(5-8)18-14-7-20-13-4-2-9(17)6-12(13)19-14/h1-6H,7,17H2,(H,18,19). The van der Waals surface area contributed by atoms with Crippen molar-refractivity contribution in [2.45, 2.75) is 0 Å². The van der Waals surface area contributed by atoms with E-state index < -0.39 is 11.6 Å². The van der Waals surface area contributed by atoms with Crippen LogP contribution in [0.3, 0.4) is 0 Å². The van der Waals surface area contributed by atoms with Crippen molar-refractivity contribution in [3.63, 3.8) is 0 Å². The molecule has 0 fully saturated rings. The van der Waals surface area contributed by atoms with Crippen LogP contribution >= 0.6 is 0 Å². The van der Waals surface area contributed by atoms with E-state index in [1.165, 1.54) is 0 Å². The second-order valence-corrected chi connectivity index (χ2v) is 4.32. The van der Waals surface area contributed by atoms with Gasteiger partial charge >= 0.3 is 0 Å². The van der Waals surface area contributed by atoms with E-state index >= 15 is 0 Å². The summed E-state index contributed by atoms with van der Waals surface area (Å²) >= 11 is 0. The molecular weight excluding hydrogens is 264 g/mol. The van der Waals surface area contributed by atoms with Crippen molar-refractivity contribution < 1.29 is 13.5 Å². The van der Waals surface area contributed by atoms with Gasteiger partial charge in [-0.2, -0.15) is 0 Å². The van der Waals surface area contributed by atoms with E-state index in [0.29, 0.717) is 23.0 Å². The molecule has 1 aliphatic heterocycles. The second kappa shape index (κ2) is 4.80. The van der Waals surface area contributed by atoms with Gasteiger partial charge in [0.15, 0.2) is 0 Å². The Morgan fingerprint density at radius 3 is 2.85 bits per heavy atom. The number of benzene rings is 2. The number of halogens is 2. The molecule has 102 valence electrons. The van der Waals surface area contributed by atoms with E-state index in [9.17, 15) is 8.78 Å². The molecule has 3 rings (SSSR count). The first-order valence-corrected chi connectivity index (χ1v) is 5.94. The van der Waals surface area contributed by atoms with Crippen molar-refractivity contribution in [3.05, 3.63) is 48.0 Å². The van der Waals surface area contributed by atoms with Crippen LogP contribution in [0.5, 0.6) is 5.75 Å². The van der Waals surface area contributed by atoms with Crippen LogP contribution in [0.4, 0.5) is 25.8 Å². The molecule has 6 heteroatoms. The molecule has 0 saturated heterocycles. The zero-order valence-corrected chi connectivity index (χ0v) is 10.4. The number of rotatable bonds is 1. The summed E-state index contributed by atoms with van der Waals surface area (Å²) in [7, 11) is 0. The van der Waals surface area contributed by atoms with Crippen molar-refractivity contribution in [2.75, 3.05) is 17.7 Å². The van der Waals surface area contributed by atoms with Gasteiger partial charge in [-0.25, -0.2) is 13.8 Å². The average molecular weight is 275 g/mol. The van der Waals surface area contributed by atoms with Gasteiger partial charge in [0.25, 0.3) is 0 Å². The molecule has 0 aliphatic carbocycles. The van der Waals surface area contributed by atoms with Crippen LogP contribution in [0.25, 0.3) is 0 Å². The first-order chi connectivity index (χ1) is 9.61. The number of nitrogen functional groups attached to an aromatic ring is 1. The number of hydrogen-bond acceptors (Lipinski definition) is 3. The number of hydrogen-bond donors (Lipinski definition) is 2. The predicted molar refractivity (Wildman–Crippen MR) is 73.4 cm³/mol. The second-order valence-electron chi connectivity index (χ2n) is 4.32. The lowest BCUT2D eigenvalue weighted by molar-refractivity contribution is 0.372. The number of anilines is 2. The third-order valence-electron chi connectivity index (χ3n) is 2.81. The van der Waals surface area contributed by atoms with E-state index in [1.54, 1.807) is 18.2 Å². The summed E-state index contributed by atoms with van der Waals surface area (Å²) in [6.45, 7) is 0.146. The van der Waals surface area contributed by atoms with Gasteiger partial charge < -0.3 is 15.8 Å². The third kappa shape index (κ3) is 2.40. The SMILES string of the molecule is Nc1ccc2c(c1)NC(=Nc1cc(F)ccc1F)CO2. The topological polar surface area (TPSA) is 59.6 Å². The van der Waals surface area contributed by atoms with Crippen molar-refractivity contribution in [3.8, 4) is 5.75 Å². The zero-order valence-electron chi connectivity index (χ0n) is 10.4. The van der Waals surface area contributed by atoms with Crippen molar-refractivity contribution in [2.24, 2.45) is 4.99 Å². The van der Waals surface area contributed by atoms with Crippen LogP contribution in [0, 0.1) is 11.6 Å². The molecule has 0 radical (unpaired) electrons. The summed E-state index contributed by atoms with van der Waals surface area (Å²) in [6.07, 6.45) is 0. The maximum Gasteiger partial charge on any atom is 0.149 e. The lowest BCUT2D eigenvalue weighted by Crippen LogP contribution is -2.25. The monoisotopic (exact) mass is 275 g/mol. The summed E-state index contributed by atoms with van der Waals surface area (Å²) in [5, 5.41) is 2.99. The lowest BCUT2D eigenvalue weighted by Gasteiger charge is -2.21. The Hall–Kier alpha value is -2.63. The average Bonchev–Trinajstić information content (AvgIpc) is 2.42. The highest BCUT2D eigenvalue weighted by atomic mass is 19.1. The van der Waals surface area contributed by atoms with Crippen LogP contribution < -0.4 is 15.8 Å². The molecule has 4 nitrogen and oxygen atoms in total. The van der Waals surface area contributed by atoms with Gasteiger partial charge in [-0.05, 0) is 30.3 Å². The number of ether oxygens (including phenoxy) is 1. The summed E-state index contributed by atoms with van der Waals surface area (Å²) in [4.78, 5) is 4.03. The normalized spacial score (nSPS) is 15.4. The molecule has 1 aliphatic rings. The summed E-state index contributed by atoms with van der Waals surface area (Å²) < 4.78 is 32.1. The number of nitrogens with one attached hydrogen (secondary N) is 1. The third-order valence-corrected chi connectivity index (χ3v) is 2.81. The first-order valence-electron chi connectivity index (χ1n) is 5.94. The predicted octanol–water partition coefficient (Wildman–Crippen LogP) is 3.08. The zero-order chi connectivity index (χ0) is 14.1. The number of fused-ring (bicyclic) bond motifs is 1. The largest absolute Gasteiger partial charge is 0.484 e.